The molecule has 7 heteroatoms. The second-order valence-corrected chi connectivity index (χ2v) is 5.89. The Morgan fingerprint density at radius 1 is 1.40 bits per heavy atom. The van der Waals surface area contributed by atoms with Crippen molar-refractivity contribution in [1.82, 2.24) is 15.5 Å². The minimum Gasteiger partial charge on any atom is -0.396 e. The molecule has 1 aromatic heterocycles. The van der Waals surface area contributed by atoms with Crippen molar-refractivity contribution < 1.29 is 14.4 Å². The SMILES string of the molecule is Cc1noc(NC(=O)NC2[C@@H]3CC[C@H]2CC(CO)C3)n1. The van der Waals surface area contributed by atoms with Crippen LogP contribution in [0.25, 0.3) is 0 Å². The fourth-order valence-electron chi connectivity index (χ4n) is 3.67. The molecule has 1 heterocycles. The molecule has 2 aliphatic rings. The standard InChI is InChI=1S/C13H20N4O3/c1-7-14-13(20-17-7)16-12(19)15-11-9-2-3-10(11)5-8(4-9)6-18/h8-11,18H,2-6H2,1H3,(H2,14,15,16,17,19)/t8?,9-,10+,11?. The zero-order chi connectivity index (χ0) is 14.1. The minimum absolute atomic E-state index is 0.122. The number of carbonyl (C=O) groups is 1. The van der Waals surface area contributed by atoms with Crippen molar-refractivity contribution in [3.63, 3.8) is 0 Å². The van der Waals surface area contributed by atoms with Gasteiger partial charge in [-0.25, -0.2) is 4.79 Å². The highest BCUT2D eigenvalue weighted by atomic mass is 16.5. The number of rotatable bonds is 3. The van der Waals surface area contributed by atoms with Gasteiger partial charge in [-0.3, -0.25) is 5.32 Å². The summed E-state index contributed by atoms with van der Waals surface area (Å²) in [5, 5.41) is 18.5. The topological polar surface area (TPSA) is 100 Å². The highest BCUT2D eigenvalue weighted by molar-refractivity contribution is 5.87. The quantitative estimate of drug-likeness (QED) is 0.774. The maximum absolute atomic E-state index is 12.0. The molecule has 2 aliphatic carbocycles. The smallest absolute Gasteiger partial charge is 0.329 e. The van der Waals surface area contributed by atoms with E-state index in [9.17, 15) is 9.90 Å². The molecule has 3 N–H and O–H groups in total. The highest BCUT2D eigenvalue weighted by Crippen LogP contribution is 2.44. The van der Waals surface area contributed by atoms with Gasteiger partial charge in [0.1, 0.15) is 0 Å². The van der Waals surface area contributed by atoms with E-state index in [1.807, 2.05) is 0 Å². The Labute approximate surface area is 117 Å². The minimum atomic E-state index is -0.294. The number of aryl methyl sites for hydroxylation is 1. The van der Waals surface area contributed by atoms with Crippen LogP contribution < -0.4 is 10.6 Å². The fraction of sp³-hybridized carbons (Fsp3) is 0.769. The van der Waals surface area contributed by atoms with E-state index in [1.165, 1.54) is 0 Å². The Balaban J connectivity index is 1.57. The number of nitrogens with one attached hydrogen (secondary N) is 2. The van der Waals surface area contributed by atoms with Crippen molar-refractivity contribution in [3.8, 4) is 0 Å². The summed E-state index contributed by atoms with van der Waals surface area (Å²) in [5.74, 6) is 1.83. The lowest BCUT2D eigenvalue weighted by atomic mass is 9.78. The van der Waals surface area contributed by atoms with Crippen LogP contribution in [0.2, 0.25) is 0 Å². The van der Waals surface area contributed by atoms with Crippen LogP contribution >= 0.6 is 0 Å². The first kappa shape index (κ1) is 13.4. The number of fused-ring (bicyclic) bond motifs is 2. The maximum Gasteiger partial charge on any atom is 0.329 e. The van der Waals surface area contributed by atoms with E-state index in [-0.39, 0.29) is 24.7 Å². The Bertz CT molecular complexity index is 476. The lowest BCUT2D eigenvalue weighted by molar-refractivity contribution is 0.132. The van der Waals surface area contributed by atoms with Crippen LogP contribution in [0.4, 0.5) is 10.8 Å². The monoisotopic (exact) mass is 280 g/mol. The Kier molecular flexibility index (Phi) is 3.60. The lowest BCUT2D eigenvalue weighted by Crippen LogP contribution is -2.47. The molecule has 2 unspecified atom stereocenters. The average molecular weight is 280 g/mol. The molecule has 0 spiro atoms. The van der Waals surface area contributed by atoms with Crippen molar-refractivity contribution in [3.05, 3.63) is 5.82 Å². The maximum atomic E-state index is 12.0. The molecule has 2 amide bonds. The van der Waals surface area contributed by atoms with Gasteiger partial charge in [0, 0.05) is 12.6 Å². The van der Waals surface area contributed by atoms with Gasteiger partial charge in [-0.05, 0) is 50.4 Å². The van der Waals surface area contributed by atoms with Gasteiger partial charge in [0.15, 0.2) is 5.82 Å². The molecule has 0 saturated heterocycles. The van der Waals surface area contributed by atoms with Crippen molar-refractivity contribution >= 4 is 12.0 Å². The average Bonchev–Trinajstić information content (AvgIpc) is 2.90. The molecule has 2 saturated carbocycles. The summed E-state index contributed by atoms with van der Waals surface area (Å²) in [7, 11) is 0. The molecule has 7 nitrogen and oxygen atoms in total. The number of aliphatic hydroxyl groups is 1. The van der Waals surface area contributed by atoms with Gasteiger partial charge >= 0.3 is 12.0 Å². The molecule has 2 fully saturated rings. The van der Waals surface area contributed by atoms with Crippen LogP contribution in [0.1, 0.15) is 31.5 Å². The first-order valence-electron chi connectivity index (χ1n) is 7.14. The van der Waals surface area contributed by atoms with E-state index in [0.717, 1.165) is 25.7 Å². The number of hydrogen-bond donors (Lipinski definition) is 3. The Morgan fingerprint density at radius 3 is 2.65 bits per heavy atom. The molecule has 2 bridgehead atoms. The second-order valence-electron chi connectivity index (χ2n) is 5.89. The summed E-state index contributed by atoms with van der Waals surface area (Å²) in [4.78, 5) is 15.9. The number of nitrogens with zero attached hydrogens (tertiary/aromatic N) is 2. The third kappa shape index (κ3) is 2.63. The summed E-state index contributed by atoms with van der Waals surface area (Å²) in [6.45, 7) is 1.95. The highest BCUT2D eigenvalue weighted by Gasteiger charge is 2.43. The number of hydrogen-bond acceptors (Lipinski definition) is 5. The number of aliphatic hydroxyl groups excluding tert-OH is 1. The van der Waals surface area contributed by atoms with Gasteiger partial charge in [-0.2, -0.15) is 4.98 Å². The van der Waals surface area contributed by atoms with E-state index in [2.05, 4.69) is 20.8 Å². The molecule has 1 aromatic rings. The van der Waals surface area contributed by atoms with Gasteiger partial charge in [0.2, 0.25) is 0 Å². The number of aromatic nitrogens is 2. The van der Waals surface area contributed by atoms with Gasteiger partial charge in [0.05, 0.1) is 0 Å². The van der Waals surface area contributed by atoms with Crippen LogP contribution in [-0.4, -0.2) is 33.9 Å². The third-order valence-corrected chi connectivity index (χ3v) is 4.50. The molecular formula is C13H20N4O3. The Hall–Kier alpha value is -1.63. The van der Waals surface area contributed by atoms with Crippen molar-refractivity contribution in [1.29, 1.82) is 0 Å². The van der Waals surface area contributed by atoms with Crippen LogP contribution in [0, 0.1) is 24.7 Å². The lowest BCUT2D eigenvalue weighted by Gasteiger charge is -2.34. The number of anilines is 1. The van der Waals surface area contributed by atoms with Crippen molar-refractivity contribution in [2.75, 3.05) is 11.9 Å². The largest absolute Gasteiger partial charge is 0.396 e. The Morgan fingerprint density at radius 2 is 2.10 bits per heavy atom. The molecule has 0 aromatic carbocycles. The predicted octanol–water partition coefficient (Wildman–Crippen LogP) is 1.30. The number of amides is 2. The molecule has 3 rings (SSSR count). The van der Waals surface area contributed by atoms with E-state index in [1.54, 1.807) is 6.92 Å². The summed E-state index contributed by atoms with van der Waals surface area (Å²) in [6.07, 6.45) is 4.26. The zero-order valence-corrected chi connectivity index (χ0v) is 11.5. The van der Waals surface area contributed by atoms with Crippen LogP contribution in [0.3, 0.4) is 0 Å². The summed E-state index contributed by atoms with van der Waals surface area (Å²) in [5.41, 5.74) is 0. The van der Waals surface area contributed by atoms with Gasteiger partial charge < -0.3 is 14.9 Å². The first-order chi connectivity index (χ1) is 9.65. The molecule has 110 valence electrons. The third-order valence-electron chi connectivity index (χ3n) is 4.50. The predicted molar refractivity (Wildman–Crippen MR) is 71.0 cm³/mol. The van der Waals surface area contributed by atoms with E-state index in [0.29, 0.717) is 23.6 Å². The van der Waals surface area contributed by atoms with E-state index < -0.39 is 0 Å². The molecule has 4 atom stereocenters. The van der Waals surface area contributed by atoms with E-state index >= 15 is 0 Å². The second kappa shape index (κ2) is 5.40. The van der Waals surface area contributed by atoms with Crippen LogP contribution in [-0.2, 0) is 0 Å². The summed E-state index contributed by atoms with van der Waals surface area (Å²) in [6, 6.07) is 0.0243. The van der Waals surface area contributed by atoms with Gasteiger partial charge in [0.25, 0.3) is 0 Å². The molecular weight excluding hydrogens is 260 g/mol. The number of urea groups is 1. The summed E-state index contributed by atoms with van der Waals surface area (Å²) < 4.78 is 4.86. The van der Waals surface area contributed by atoms with E-state index in [4.69, 9.17) is 4.52 Å². The fourth-order valence-corrected chi connectivity index (χ4v) is 3.67. The van der Waals surface area contributed by atoms with Crippen LogP contribution in [0.15, 0.2) is 4.52 Å². The van der Waals surface area contributed by atoms with Crippen molar-refractivity contribution in [2.24, 2.45) is 17.8 Å². The zero-order valence-electron chi connectivity index (χ0n) is 11.5. The molecule has 0 aliphatic heterocycles. The first-order valence-corrected chi connectivity index (χ1v) is 7.14. The molecule has 0 radical (unpaired) electrons. The van der Waals surface area contributed by atoms with Crippen LogP contribution in [0.5, 0.6) is 0 Å². The summed E-state index contributed by atoms with van der Waals surface area (Å²) >= 11 is 0. The normalized spacial score (nSPS) is 32.1. The van der Waals surface area contributed by atoms with Gasteiger partial charge in [-0.1, -0.05) is 5.16 Å². The number of carbonyl (C=O) groups excluding carboxylic acids is 1. The van der Waals surface area contributed by atoms with Crippen molar-refractivity contribution in [2.45, 2.75) is 38.6 Å². The molecule has 20 heavy (non-hydrogen) atoms. The van der Waals surface area contributed by atoms with Gasteiger partial charge in [-0.15, -0.1) is 0 Å².